The van der Waals surface area contributed by atoms with Gasteiger partial charge in [-0.25, -0.2) is 9.97 Å². The molecular formula is C17H17N3OS2. The molecule has 0 atom stereocenters. The van der Waals surface area contributed by atoms with Gasteiger partial charge in [-0.1, -0.05) is 30.3 Å². The summed E-state index contributed by atoms with van der Waals surface area (Å²) >= 11 is 1.66. The van der Waals surface area contributed by atoms with E-state index in [9.17, 15) is 4.21 Å². The fraction of sp³-hybridized carbons (Fsp3) is 0.294. The summed E-state index contributed by atoms with van der Waals surface area (Å²) in [5.41, 5.74) is 2.38. The van der Waals surface area contributed by atoms with Crippen molar-refractivity contribution < 1.29 is 4.21 Å². The lowest BCUT2D eigenvalue weighted by Crippen LogP contribution is -2.38. The van der Waals surface area contributed by atoms with E-state index in [0.717, 1.165) is 46.5 Å². The van der Waals surface area contributed by atoms with Crippen LogP contribution < -0.4 is 4.90 Å². The van der Waals surface area contributed by atoms with Crippen molar-refractivity contribution in [1.29, 1.82) is 0 Å². The van der Waals surface area contributed by atoms with E-state index in [-0.39, 0.29) is 0 Å². The molecule has 1 aromatic carbocycles. The fourth-order valence-corrected chi connectivity index (χ4v) is 4.98. The van der Waals surface area contributed by atoms with Crippen molar-refractivity contribution in [1.82, 2.24) is 9.97 Å². The zero-order valence-corrected chi connectivity index (χ0v) is 14.5. The number of nitrogens with zero attached hydrogens (tertiary/aromatic N) is 3. The molecule has 0 saturated carbocycles. The summed E-state index contributed by atoms with van der Waals surface area (Å²) in [5, 5.41) is 3.29. The molecule has 118 valence electrons. The topological polar surface area (TPSA) is 46.1 Å². The maximum absolute atomic E-state index is 11.7. The molecule has 4 nitrogen and oxygen atoms in total. The summed E-state index contributed by atoms with van der Waals surface area (Å²) < 4.78 is 11.7. The molecular weight excluding hydrogens is 326 g/mol. The smallest absolute Gasteiger partial charge is 0.141 e. The van der Waals surface area contributed by atoms with E-state index in [1.807, 2.05) is 13.0 Å². The van der Waals surface area contributed by atoms with Gasteiger partial charge < -0.3 is 4.90 Å². The second-order valence-corrected chi connectivity index (χ2v) is 8.18. The molecule has 0 amide bonds. The van der Waals surface area contributed by atoms with Crippen molar-refractivity contribution in [3.8, 4) is 11.1 Å². The zero-order chi connectivity index (χ0) is 15.8. The Balaban J connectivity index is 1.89. The molecule has 1 aliphatic heterocycles. The van der Waals surface area contributed by atoms with Gasteiger partial charge in [-0.05, 0) is 12.5 Å². The van der Waals surface area contributed by atoms with Gasteiger partial charge in [-0.3, -0.25) is 4.21 Å². The number of benzene rings is 1. The average Bonchev–Trinajstić information content (AvgIpc) is 2.99. The molecule has 1 saturated heterocycles. The van der Waals surface area contributed by atoms with Crippen LogP contribution in [0.25, 0.3) is 21.3 Å². The molecule has 2 aromatic heterocycles. The first-order valence-corrected chi connectivity index (χ1v) is 10.0. The van der Waals surface area contributed by atoms with Crippen LogP contribution in [-0.4, -0.2) is 38.8 Å². The van der Waals surface area contributed by atoms with Crippen molar-refractivity contribution in [2.24, 2.45) is 0 Å². The van der Waals surface area contributed by atoms with Crippen LogP contribution in [0.2, 0.25) is 0 Å². The maximum atomic E-state index is 11.7. The Morgan fingerprint density at radius 2 is 1.87 bits per heavy atom. The summed E-state index contributed by atoms with van der Waals surface area (Å²) in [6, 6.07) is 10.4. The van der Waals surface area contributed by atoms with Crippen LogP contribution in [0.4, 0.5) is 5.82 Å². The molecule has 23 heavy (non-hydrogen) atoms. The molecule has 0 N–H and O–H groups in total. The molecule has 0 aliphatic carbocycles. The lowest BCUT2D eigenvalue weighted by molar-refractivity contribution is 0.672. The molecule has 3 aromatic rings. The summed E-state index contributed by atoms with van der Waals surface area (Å²) in [6.07, 6.45) is 0. The first-order chi connectivity index (χ1) is 11.2. The Bertz CT molecular complexity index is 866. The zero-order valence-electron chi connectivity index (χ0n) is 12.9. The molecule has 0 radical (unpaired) electrons. The molecule has 6 heteroatoms. The number of hydrogen-bond acceptors (Lipinski definition) is 5. The van der Waals surface area contributed by atoms with Crippen molar-refractivity contribution >= 4 is 38.2 Å². The minimum absolute atomic E-state index is 0.688. The van der Waals surface area contributed by atoms with Gasteiger partial charge in [0.15, 0.2) is 0 Å². The highest BCUT2D eigenvalue weighted by atomic mass is 32.2. The van der Waals surface area contributed by atoms with Gasteiger partial charge in [0.1, 0.15) is 16.5 Å². The van der Waals surface area contributed by atoms with Gasteiger partial charge in [0.05, 0.1) is 5.39 Å². The number of aryl methyl sites for hydroxylation is 1. The normalized spacial score (nSPS) is 16.1. The van der Waals surface area contributed by atoms with Crippen molar-refractivity contribution in [2.75, 3.05) is 29.5 Å². The number of hydrogen-bond donors (Lipinski definition) is 0. The third kappa shape index (κ3) is 2.77. The standard InChI is InChI=1S/C17H17N3OS2/c1-12-18-16(20-7-9-23(21)10-8-20)15-14(11-22-17(15)19-12)13-5-3-2-4-6-13/h2-6,11H,7-10H2,1H3. The van der Waals surface area contributed by atoms with E-state index < -0.39 is 10.8 Å². The van der Waals surface area contributed by atoms with Crippen LogP contribution in [-0.2, 0) is 10.8 Å². The minimum Gasteiger partial charge on any atom is -0.354 e. The Morgan fingerprint density at radius 1 is 1.13 bits per heavy atom. The summed E-state index contributed by atoms with van der Waals surface area (Å²) in [7, 11) is -0.688. The van der Waals surface area contributed by atoms with Crippen LogP contribution in [0.15, 0.2) is 35.7 Å². The molecule has 4 rings (SSSR count). The highest BCUT2D eigenvalue weighted by Gasteiger charge is 2.22. The van der Waals surface area contributed by atoms with Gasteiger partial charge in [0, 0.05) is 46.3 Å². The number of fused-ring (bicyclic) bond motifs is 1. The Hall–Kier alpha value is -1.79. The fourth-order valence-electron chi connectivity index (χ4n) is 2.94. The third-order valence-corrected chi connectivity index (χ3v) is 6.24. The SMILES string of the molecule is Cc1nc(N2CCS(=O)CC2)c2c(-c3ccccc3)csc2n1. The molecule has 0 unspecified atom stereocenters. The Morgan fingerprint density at radius 3 is 2.61 bits per heavy atom. The van der Waals surface area contributed by atoms with E-state index in [0.29, 0.717) is 0 Å². The Kier molecular flexibility index (Phi) is 3.87. The number of aromatic nitrogens is 2. The molecule has 0 bridgehead atoms. The van der Waals surface area contributed by atoms with Gasteiger partial charge in [-0.2, -0.15) is 0 Å². The average molecular weight is 343 g/mol. The quantitative estimate of drug-likeness (QED) is 0.717. The molecule has 0 spiro atoms. The predicted octanol–water partition coefficient (Wildman–Crippen LogP) is 3.24. The van der Waals surface area contributed by atoms with E-state index in [4.69, 9.17) is 4.98 Å². The van der Waals surface area contributed by atoms with Crippen molar-refractivity contribution in [3.63, 3.8) is 0 Å². The van der Waals surface area contributed by atoms with Crippen LogP contribution >= 0.6 is 11.3 Å². The van der Waals surface area contributed by atoms with Gasteiger partial charge in [-0.15, -0.1) is 11.3 Å². The van der Waals surface area contributed by atoms with Crippen LogP contribution in [0.5, 0.6) is 0 Å². The molecule has 3 heterocycles. The molecule has 1 aliphatic rings. The van der Waals surface area contributed by atoms with Gasteiger partial charge in [0.2, 0.25) is 0 Å². The highest BCUT2D eigenvalue weighted by Crippen LogP contribution is 2.38. The van der Waals surface area contributed by atoms with E-state index in [1.165, 1.54) is 11.1 Å². The monoisotopic (exact) mass is 343 g/mol. The lowest BCUT2D eigenvalue weighted by atomic mass is 10.1. The van der Waals surface area contributed by atoms with E-state index >= 15 is 0 Å². The summed E-state index contributed by atoms with van der Waals surface area (Å²) in [5.74, 6) is 3.22. The minimum atomic E-state index is -0.688. The first kappa shape index (κ1) is 14.8. The predicted molar refractivity (Wildman–Crippen MR) is 97.7 cm³/mol. The molecule has 1 fully saturated rings. The number of anilines is 1. The Labute approximate surface area is 141 Å². The van der Waals surface area contributed by atoms with Crippen LogP contribution in [0, 0.1) is 6.92 Å². The van der Waals surface area contributed by atoms with Gasteiger partial charge in [0.25, 0.3) is 0 Å². The second-order valence-electron chi connectivity index (χ2n) is 5.63. The summed E-state index contributed by atoms with van der Waals surface area (Å²) in [4.78, 5) is 12.6. The van der Waals surface area contributed by atoms with Crippen molar-refractivity contribution in [2.45, 2.75) is 6.92 Å². The maximum Gasteiger partial charge on any atom is 0.141 e. The number of rotatable bonds is 2. The van der Waals surface area contributed by atoms with Crippen LogP contribution in [0.3, 0.4) is 0 Å². The van der Waals surface area contributed by atoms with Gasteiger partial charge >= 0.3 is 0 Å². The summed E-state index contributed by atoms with van der Waals surface area (Å²) in [6.45, 7) is 3.53. The van der Waals surface area contributed by atoms with E-state index in [1.54, 1.807) is 11.3 Å². The highest BCUT2D eigenvalue weighted by molar-refractivity contribution is 7.85. The lowest BCUT2D eigenvalue weighted by Gasteiger charge is -2.28. The largest absolute Gasteiger partial charge is 0.354 e. The van der Waals surface area contributed by atoms with E-state index in [2.05, 4.69) is 39.5 Å². The second kappa shape index (κ2) is 6.02. The first-order valence-electron chi connectivity index (χ1n) is 7.63. The van der Waals surface area contributed by atoms with Crippen molar-refractivity contribution in [3.05, 3.63) is 41.5 Å². The van der Waals surface area contributed by atoms with Crippen LogP contribution in [0.1, 0.15) is 5.82 Å². The number of thiophene rings is 1. The third-order valence-electron chi connectivity index (χ3n) is 4.09.